The van der Waals surface area contributed by atoms with Crippen molar-refractivity contribution in [2.45, 2.75) is 26.8 Å². The molecule has 1 aromatic heterocycles. The zero-order valence-corrected chi connectivity index (χ0v) is 11.3. The number of hydrogen-bond donors (Lipinski definition) is 1. The van der Waals surface area contributed by atoms with E-state index < -0.39 is 0 Å². The molecule has 0 radical (unpaired) electrons. The molecule has 1 heterocycles. The Hall–Kier alpha value is -1.62. The van der Waals surface area contributed by atoms with Gasteiger partial charge in [0.1, 0.15) is 5.56 Å². The Bertz CT molecular complexity index is 410. The second-order valence-corrected chi connectivity index (χ2v) is 3.88. The highest BCUT2D eigenvalue weighted by Crippen LogP contribution is 2.09. The smallest absolute Gasteiger partial charge is 0.341 e. The van der Waals surface area contributed by atoms with Gasteiger partial charge >= 0.3 is 5.97 Å². The summed E-state index contributed by atoms with van der Waals surface area (Å²) in [7, 11) is 1.83. The minimum Gasteiger partial charge on any atom is -0.462 e. The molecule has 18 heavy (non-hydrogen) atoms. The Morgan fingerprint density at radius 2 is 2.39 bits per heavy atom. The summed E-state index contributed by atoms with van der Waals surface area (Å²) in [5.74, 6) is -0.309. The van der Waals surface area contributed by atoms with Gasteiger partial charge in [-0.25, -0.2) is 4.79 Å². The first-order valence-electron chi connectivity index (χ1n) is 6.20. The van der Waals surface area contributed by atoms with Gasteiger partial charge in [0.15, 0.2) is 0 Å². The number of ether oxygens (including phenoxy) is 1. The van der Waals surface area contributed by atoms with Crippen LogP contribution >= 0.6 is 0 Å². The molecule has 0 saturated carbocycles. The van der Waals surface area contributed by atoms with Crippen LogP contribution in [-0.4, -0.2) is 28.9 Å². The summed E-state index contributed by atoms with van der Waals surface area (Å²) >= 11 is 0. The number of aryl methyl sites for hydroxylation is 1. The van der Waals surface area contributed by atoms with Gasteiger partial charge in [0.25, 0.3) is 0 Å². The minimum absolute atomic E-state index is 0.309. The molecule has 1 rings (SSSR count). The molecule has 0 amide bonds. The first kappa shape index (κ1) is 14.4. The summed E-state index contributed by atoms with van der Waals surface area (Å²) < 4.78 is 6.70. The lowest BCUT2D eigenvalue weighted by atomic mass is 10.2. The SMILES string of the molecule is C/C=C/CCNCc1c(C(=O)OCC)cnn1C. The molecule has 0 aliphatic carbocycles. The van der Waals surface area contributed by atoms with E-state index in [1.807, 2.05) is 20.0 Å². The van der Waals surface area contributed by atoms with E-state index >= 15 is 0 Å². The van der Waals surface area contributed by atoms with Crippen molar-refractivity contribution in [3.8, 4) is 0 Å². The predicted octanol–water partition coefficient (Wildman–Crippen LogP) is 1.65. The van der Waals surface area contributed by atoms with Gasteiger partial charge in [0, 0.05) is 13.6 Å². The molecule has 5 heteroatoms. The van der Waals surface area contributed by atoms with E-state index in [-0.39, 0.29) is 5.97 Å². The zero-order valence-electron chi connectivity index (χ0n) is 11.3. The van der Waals surface area contributed by atoms with Gasteiger partial charge in [-0.1, -0.05) is 12.2 Å². The maximum atomic E-state index is 11.7. The standard InChI is InChI=1S/C13H21N3O2/c1-4-6-7-8-14-10-12-11(9-15-16(12)3)13(17)18-5-2/h4,6,9,14H,5,7-8,10H2,1-3H3/b6-4+. The van der Waals surface area contributed by atoms with Crippen LogP contribution in [0.15, 0.2) is 18.3 Å². The first-order valence-corrected chi connectivity index (χ1v) is 6.20. The third-order valence-electron chi connectivity index (χ3n) is 2.57. The van der Waals surface area contributed by atoms with Crippen molar-refractivity contribution in [2.75, 3.05) is 13.2 Å². The predicted molar refractivity (Wildman–Crippen MR) is 70.3 cm³/mol. The number of allylic oxidation sites excluding steroid dienone is 1. The van der Waals surface area contributed by atoms with E-state index in [0.717, 1.165) is 18.7 Å². The van der Waals surface area contributed by atoms with Crippen LogP contribution in [0.5, 0.6) is 0 Å². The van der Waals surface area contributed by atoms with Crippen molar-refractivity contribution in [2.24, 2.45) is 7.05 Å². The van der Waals surface area contributed by atoms with Crippen LogP contribution in [0.1, 0.15) is 36.3 Å². The molecule has 0 unspecified atom stereocenters. The number of carbonyl (C=O) groups excluding carboxylic acids is 1. The molecule has 0 atom stereocenters. The second kappa shape index (κ2) is 7.66. The topological polar surface area (TPSA) is 56.1 Å². The largest absolute Gasteiger partial charge is 0.462 e. The van der Waals surface area contributed by atoms with Gasteiger partial charge in [-0.15, -0.1) is 0 Å². The van der Waals surface area contributed by atoms with Gasteiger partial charge in [-0.05, 0) is 26.8 Å². The number of hydrogen-bond acceptors (Lipinski definition) is 4. The number of nitrogens with one attached hydrogen (secondary N) is 1. The summed E-state index contributed by atoms with van der Waals surface area (Å²) in [6, 6.07) is 0. The summed E-state index contributed by atoms with van der Waals surface area (Å²) in [5, 5.41) is 7.38. The van der Waals surface area contributed by atoms with Gasteiger partial charge < -0.3 is 10.1 Å². The summed E-state index contributed by atoms with van der Waals surface area (Å²) in [6.45, 7) is 5.66. The van der Waals surface area contributed by atoms with Crippen LogP contribution in [0.4, 0.5) is 0 Å². The van der Waals surface area contributed by atoms with E-state index in [1.165, 1.54) is 0 Å². The van der Waals surface area contributed by atoms with Crippen LogP contribution < -0.4 is 5.32 Å². The molecular weight excluding hydrogens is 230 g/mol. The molecule has 0 aliphatic rings. The summed E-state index contributed by atoms with van der Waals surface area (Å²) in [5.41, 5.74) is 1.40. The van der Waals surface area contributed by atoms with Gasteiger partial charge in [0.2, 0.25) is 0 Å². The minimum atomic E-state index is -0.309. The molecule has 0 bridgehead atoms. The van der Waals surface area contributed by atoms with Crippen LogP contribution in [0, 0.1) is 0 Å². The Balaban J connectivity index is 2.58. The van der Waals surface area contributed by atoms with E-state index in [1.54, 1.807) is 17.8 Å². The highest BCUT2D eigenvalue weighted by molar-refractivity contribution is 5.90. The van der Waals surface area contributed by atoms with Gasteiger partial charge in [0.05, 0.1) is 18.5 Å². The fourth-order valence-electron chi connectivity index (χ4n) is 1.61. The monoisotopic (exact) mass is 251 g/mol. The number of rotatable bonds is 7. The molecule has 0 fully saturated rings. The molecule has 0 spiro atoms. The fourth-order valence-corrected chi connectivity index (χ4v) is 1.61. The lowest BCUT2D eigenvalue weighted by Crippen LogP contribution is -2.19. The van der Waals surface area contributed by atoms with Crippen molar-refractivity contribution in [1.82, 2.24) is 15.1 Å². The van der Waals surface area contributed by atoms with Crippen molar-refractivity contribution in [1.29, 1.82) is 0 Å². The quantitative estimate of drug-likeness (QED) is 0.455. The Labute approximate surface area is 108 Å². The highest BCUT2D eigenvalue weighted by Gasteiger charge is 2.16. The summed E-state index contributed by atoms with van der Waals surface area (Å²) in [4.78, 5) is 11.7. The Morgan fingerprint density at radius 3 is 3.06 bits per heavy atom. The normalized spacial score (nSPS) is 11.1. The number of carbonyl (C=O) groups is 1. The molecule has 0 aliphatic heterocycles. The van der Waals surface area contributed by atoms with Crippen molar-refractivity contribution < 1.29 is 9.53 Å². The molecule has 100 valence electrons. The molecular formula is C13H21N3O2. The number of aromatic nitrogens is 2. The fraction of sp³-hybridized carbons (Fsp3) is 0.538. The molecule has 5 nitrogen and oxygen atoms in total. The molecule has 0 aromatic carbocycles. The average molecular weight is 251 g/mol. The Morgan fingerprint density at radius 1 is 1.61 bits per heavy atom. The number of nitrogens with zero attached hydrogens (tertiary/aromatic N) is 2. The van der Waals surface area contributed by atoms with Gasteiger partial charge in [-0.3, -0.25) is 4.68 Å². The average Bonchev–Trinajstić information content (AvgIpc) is 2.71. The van der Waals surface area contributed by atoms with Crippen molar-refractivity contribution >= 4 is 5.97 Å². The van der Waals surface area contributed by atoms with E-state index in [9.17, 15) is 4.79 Å². The van der Waals surface area contributed by atoms with Gasteiger partial charge in [-0.2, -0.15) is 5.10 Å². The zero-order chi connectivity index (χ0) is 13.4. The van der Waals surface area contributed by atoms with E-state index in [4.69, 9.17) is 4.74 Å². The van der Waals surface area contributed by atoms with Crippen molar-refractivity contribution in [3.63, 3.8) is 0 Å². The second-order valence-electron chi connectivity index (χ2n) is 3.88. The summed E-state index contributed by atoms with van der Waals surface area (Å²) in [6.07, 6.45) is 6.66. The first-order chi connectivity index (χ1) is 8.70. The van der Waals surface area contributed by atoms with Crippen LogP contribution in [-0.2, 0) is 18.3 Å². The molecule has 0 saturated heterocycles. The van der Waals surface area contributed by atoms with Crippen LogP contribution in [0.25, 0.3) is 0 Å². The number of esters is 1. The maximum Gasteiger partial charge on any atom is 0.341 e. The van der Waals surface area contributed by atoms with E-state index in [0.29, 0.717) is 18.7 Å². The van der Waals surface area contributed by atoms with Crippen LogP contribution in [0.2, 0.25) is 0 Å². The lowest BCUT2D eigenvalue weighted by molar-refractivity contribution is 0.0524. The third kappa shape index (κ3) is 4.00. The molecule has 1 N–H and O–H groups in total. The maximum absolute atomic E-state index is 11.7. The lowest BCUT2D eigenvalue weighted by Gasteiger charge is -2.07. The van der Waals surface area contributed by atoms with Crippen LogP contribution in [0.3, 0.4) is 0 Å². The Kier molecular flexibility index (Phi) is 6.14. The van der Waals surface area contributed by atoms with E-state index in [2.05, 4.69) is 16.5 Å². The van der Waals surface area contributed by atoms with Crippen molar-refractivity contribution in [3.05, 3.63) is 29.6 Å². The highest BCUT2D eigenvalue weighted by atomic mass is 16.5. The molecule has 1 aromatic rings. The third-order valence-corrected chi connectivity index (χ3v) is 2.57.